The summed E-state index contributed by atoms with van der Waals surface area (Å²) in [5, 5.41) is 0. The van der Waals surface area contributed by atoms with Gasteiger partial charge in [0.1, 0.15) is 12.4 Å². The van der Waals surface area contributed by atoms with Gasteiger partial charge >= 0.3 is 0 Å². The number of allylic oxidation sites excluding steroid dienone is 2. The zero-order chi connectivity index (χ0) is 17.9. The zero-order valence-electron chi connectivity index (χ0n) is 15.5. The second-order valence-corrected chi connectivity index (χ2v) is 7.41. The number of carbonyl (C=O) groups excluding carboxylic acids is 2. The molecule has 2 unspecified atom stereocenters. The van der Waals surface area contributed by atoms with E-state index in [9.17, 15) is 9.59 Å². The van der Waals surface area contributed by atoms with Gasteiger partial charge in [-0.05, 0) is 63.0 Å². The van der Waals surface area contributed by atoms with Gasteiger partial charge in [0.15, 0.2) is 0 Å². The maximum atomic E-state index is 12.6. The van der Waals surface area contributed by atoms with E-state index < -0.39 is 0 Å². The van der Waals surface area contributed by atoms with Gasteiger partial charge in [0, 0.05) is 6.54 Å². The Labute approximate surface area is 166 Å². The van der Waals surface area contributed by atoms with Crippen LogP contribution in [0.2, 0.25) is 0 Å². The molecule has 6 heteroatoms. The van der Waals surface area contributed by atoms with Crippen molar-refractivity contribution in [2.75, 3.05) is 31.1 Å². The number of amides is 2. The molecular weight excluding hydrogens is 364 g/mol. The number of piperidine rings is 1. The Kier molecular flexibility index (Phi) is 6.55. The minimum Gasteiger partial charge on any atom is -0.492 e. The normalized spacial score (nSPS) is 25.3. The Balaban J connectivity index is 0.00000210. The fourth-order valence-corrected chi connectivity index (χ4v) is 4.22. The predicted octanol–water partition coefficient (Wildman–Crippen LogP) is 3.43. The van der Waals surface area contributed by atoms with Gasteiger partial charge in [-0.1, -0.05) is 18.6 Å². The topological polar surface area (TPSA) is 49.9 Å². The Hall–Kier alpha value is -1.85. The van der Waals surface area contributed by atoms with Crippen LogP contribution >= 0.6 is 12.4 Å². The summed E-state index contributed by atoms with van der Waals surface area (Å²) in [5.41, 5.74) is 0.651. The van der Waals surface area contributed by atoms with Gasteiger partial charge < -0.3 is 4.74 Å². The van der Waals surface area contributed by atoms with E-state index >= 15 is 0 Å². The van der Waals surface area contributed by atoms with Crippen molar-refractivity contribution in [3.05, 3.63) is 36.4 Å². The summed E-state index contributed by atoms with van der Waals surface area (Å²) < 4.78 is 5.83. The summed E-state index contributed by atoms with van der Waals surface area (Å²) in [4.78, 5) is 29.0. The van der Waals surface area contributed by atoms with Crippen LogP contribution < -0.4 is 9.64 Å². The molecule has 146 valence electrons. The maximum Gasteiger partial charge on any atom is 0.238 e. The first kappa shape index (κ1) is 19.9. The zero-order valence-corrected chi connectivity index (χ0v) is 16.3. The maximum absolute atomic E-state index is 12.6. The molecule has 0 aromatic heterocycles. The van der Waals surface area contributed by atoms with Gasteiger partial charge in [-0.3, -0.25) is 19.4 Å². The van der Waals surface area contributed by atoms with Gasteiger partial charge in [0.05, 0.1) is 17.5 Å². The summed E-state index contributed by atoms with van der Waals surface area (Å²) >= 11 is 0. The van der Waals surface area contributed by atoms with Crippen molar-refractivity contribution in [1.82, 2.24) is 4.90 Å². The predicted molar refractivity (Wildman–Crippen MR) is 107 cm³/mol. The molecule has 1 aromatic carbocycles. The van der Waals surface area contributed by atoms with Crippen molar-refractivity contribution in [2.24, 2.45) is 11.8 Å². The van der Waals surface area contributed by atoms with Crippen molar-refractivity contribution < 1.29 is 14.3 Å². The van der Waals surface area contributed by atoms with Gasteiger partial charge in [-0.15, -0.1) is 12.4 Å². The summed E-state index contributed by atoms with van der Waals surface area (Å²) in [6.07, 6.45) is 9.26. The number of hydrogen-bond acceptors (Lipinski definition) is 4. The molecule has 2 amide bonds. The van der Waals surface area contributed by atoms with Crippen molar-refractivity contribution in [3.8, 4) is 5.75 Å². The highest BCUT2D eigenvalue weighted by Crippen LogP contribution is 2.37. The van der Waals surface area contributed by atoms with Crippen LogP contribution in [0.4, 0.5) is 5.69 Å². The lowest BCUT2D eigenvalue weighted by Crippen LogP contribution is -2.33. The van der Waals surface area contributed by atoms with E-state index in [0.29, 0.717) is 25.1 Å². The molecule has 2 aliphatic heterocycles. The van der Waals surface area contributed by atoms with E-state index in [4.69, 9.17) is 4.74 Å². The molecule has 0 bridgehead atoms. The van der Waals surface area contributed by atoms with Gasteiger partial charge in [-0.25, -0.2) is 0 Å². The average Bonchev–Trinajstić information content (AvgIpc) is 2.94. The Morgan fingerprint density at radius 2 is 1.48 bits per heavy atom. The van der Waals surface area contributed by atoms with Crippen molar-refractivity contribution in [3.63, 3.8) is 0 Å². The molecule has 2 fully saturated rings. The number of imide groups is 1. The summed E-state index contributed by atoms with van der Waals surface area (Å²) in [7, 11) is 0. The molecule has 4 rings (SSSR count). The molecule has 5 nitrogen and oxygen atoms in total. The van der Waals surface area contributed by atoms with Gasteiger partial charge in [0.25, 0.3) is 0 Å². The third-order valence-electron chi connectivity index (χ3n) is 5.73. The molecule has 2 saturated heterocycles. The van der Waals surface area contributed by atoms with Crippen molar-refractivity contribution in [1.29, 1.82) is 0 Å². The van der Waals surface area contributed by atoms with Crippen LogP contribution in [0.1, 0.15) is 32.1 Å². The van der Waals surface area contributed by atoms with Crippen molar-refractivity contribution >= 4 is 29.9 Å². The summed E-state index contributed by atoms with van der Waals surface area (Å²) in [5.74, 6) is 0.274. The number of rotatable bonds is 5. The van der Waals surface area contributed by atoms with Crippen LogP contribution in [-0.4, -0.2) is 43.0 Å². The monoisotopic (exact) mass is 390 g/mol. The SMILES string of the molecule is Cl.O=C1C2CC=CCC2C(=O)N1c1ccc(OCCN2CCCCC2)cc1. The molecular formula is C21H27ClN2O3. The number of halogens is 1. The van der Waals surface area contributed by atoms with E-state index in [2.05, 4.69) is 4.90 Å². The number of fused-ring (bicyclic) bond motifs is 1. The lowest BCUT2D eigenvalue weighted by atomic mass is 9.85. The number of carbonyl (C=O) groups is 2. The van der Waals surface area contributed by atoms with Crippen LogP contribution in [-0.2, 0) is 9.59 Å². The van der Waals surface area contributed by atoms with Crippen LogP contribution in [0, 0.1) is 11.8 Å². The van der Waals surface area contributed by atoms with E-state index in [1.54, 1.807) is 0 Å². The minimum absolute atomic E-state index is 0. The quantitative estimate of drug-likeness (QED) is 0.571. The lowest BCUT2D eigenvalue weighted by Gasteiger charge is -2.26. The number of likely N-dealkylation sites (tertiary alicyclic amines) is 1. The molecule has 0 spiro atoms. The Morgan fingerprint density at radius 3 is 2.07 bits per heavy atom. The lowest BCUT2D eigenvalue weighted by molar-refractivity contribution is -0.122. The fourth-order valence-electron chi connectivity index (χ4n) is 4.22. The van der Waals surface area contributed by atoms with E-state index in [0.717, 1.165) is 12.3 Å². The highest BCUT2D eigenvalue weighted by atomic mass is 35.5. The summed E-state index contributed by atoms with van der Waals surface area (Å²) in [6.45, 7) is 3.94. The number of anilines is 1. The van der Waals surface area contributed by atoms with Crippen LogP contribution in [0.3, 0.4) is 0 Å². The number of nitrogens with zero attached hydrogens (tertiary/aromatic N) is 2. The highest BCUT2D eigenvalue weighted by molar-refractivity contribution is 6.22. The summed E-state index contributed by atoms with van der Waals surface area (Å²) in [6, 6.07) is 7.34. The van der Waals surface area contributed by atoms with Crippen LogP contribution in [0.25, 0.3) is 0 Å². The van der Waals surface area contributed by atoms with E-state index in [-0.39, 0.29) is 36.1 Å². The highest BCUT2D eigenvalue weighted by Gasteiger charge is 2.47. The average molecular weight is 391 g/mol. The first-order valence-electron chi connectivity index (χ1n) is 9.72. The molecule has 2 heterocycles. The third-order valence-corrected chi connectivity index (χ3v) is 5.73. The Morgan fingerprint density at radius 1 is 0.889 bits per heavy atom. The number of ether oxygens (including phenoxy) is 1. The Bertz CT molecular complexity index is 672. The number of benzene rings is 1. The smallest absolute Gasteiger partial charge is 0.238 e. The first-order chi connectivity index (χ1) is 12.7. The molecule has 3 aliphatic rings. The third kappa shape index (κ3) is 4.19. The molecule has 0 radical (unpaired) electrons. The molecule has 27 heavy (non-hydrogen) atoms. The molecule has 0 N–H and O–H groups in total. The minimum atomic E-state index is -0.187. The molecule has 1 aromatic rings. The molecule has 1 aliphatic carbocycles. The van der Waals surface area contributed by atoms with Crippen LogP contribution in [0.5, 0.6) is 5.75 Å². The standard InChI is InChI=1S/C21H26N2O3.ClH/c24-20-18-6-2-3-7-19(18)21(25)23(20)16-8-10-17(11-9-16)26-15-14-22-12-4-1-5-13-22;/h2-3,8-11,18-19H,1,4-7,12-15H2;1H. The fraction of sp³-hybridized carbons (Fsp3) is 0.524. The number of hydrogen-bond donors (Lipinski definition) is 0. The largest absolute Gasteiger partial charge is 0.492 e. The van der Waals surface area contributed by atoms with Gasteiger partial charge in [0.2, 0.25) is 11.8 Å². The second-order valence-electron chi connectivity index (χ2n) is 7.41. The van der Waals surface area contributed by atoms with Crippen molar-refractivity contribution in [2.45, 2.75) is 32.1 Å². The van der Waals surface area contributed by atoms with Crippen LogP contribution in [0.15, 0.2) is 36.4 Å². The first-order valence-corrected chi connectivity index (χ1v) is 9.72. The molecule has 0 saturated carbocycles. The molecule has 2 atom stereocenters. The van der Waals surface area contributed by atoms with Gasteiger partial charge in [-0.2, -0.15) is 0 Å². The second kappa shape index (κ2) is 8.89. The van der Waals surface area contributed by atoms with E-state index in [1.165, 1.54) is 37.3 Å². The van der Waals surface area contributed by atoms with E-state index in [1.807, 2.05) is 36.4 Å².